The van der Waals surface area contributed by atoms with Gasteiger partial charge in [-0.1, -0.05) is 6.08 Å². The van der Waals surface area contributed by atoms with Gasteiger partial charge in [0.1, 0.15) is 0 Å². The second-order valence-corrected chi connectivity index (χ2v) is 3.78. The molecule has 0 aliphatic heterocycles. The summed E-state index contributed by atoms with van der Waals surface area (Å²) in [6.07, 6.45) is 5.41. The van der Waals surface area contributed by atoms with Gasteiger partial charge in [0.25, 0.3) is 0 Å². The molecule has 0 aromatic heterocycles. The Morgan fingerprint density at radius 2 is 1.92 bits per heavy atom. The number of hydrogen-bond donors (Lipinski definition) is 2. The number of carbonyl (C=O) groups is 1. The first-order valence-electron chi connectivity index (χ1n) is 4.76. The first-order valence-corrected chi connectivity index (χ1v) is 4.76. The van der Waals surface area contributed by atoms with Crippen molar-refractivity contribution in [2.75, 3.05) is 0 Å². The lowest BCUT2D eigenvalue weighted by atomic mass is 9.86. The summed E-state index contributed by atoms with van der Waals surface area (Å²) in [6, 6.07) is 0. The second kappa shape index (κ2) is 4.42. The summed E-state index contributed by atoms with van der Waals surface area (Å²) in [4.78, 5) is 10.7. The number of carbonyl (C=O) groups excluding carboxylic acids is 1. The molecule has 1 saturated carbocycles. The highest BCUT2D eigenvalue weighted by molar-refractivity contribution is 5.91. The number of amides is 1. The van der Waals surface area contributed by atoms with Crippen LogP contribution >= 0.6 is 0 Å². The third-order valence-electron chi connectivity index (χ3n) is 2.62. The van der Waals surface area contributed by atoms with Crippen molar-refractivity contribution in [3.63, 3.8) is 0 Å². The molecule has 3 heteroatoms. The van der Waals surface area contributed by atoms with Gasteiger partial charge in [-0.15, -0.1) is 0 Å². The SMILES string of the molecule is C/C(=C\C1CCC(O)CC1)C(N)=O. The van der Waals surface area contributed by atoms with E-state index < -0.39 is 0 Å². The highest BCUT2D eigenvalue weighted by atomic mass is 16.3. The predicted molar refractivity (Wildman–Crippen MR) is 50.9 cm³/mol. The molecule has 3 nitrogen and oxygen atoms in total. The van der Waals surface area contributed by atoms with E-state index in [9.17, 15) is 9.90 Å². The zero-order valence-electron chi connectivity index (χ0n) is 7.99. The minimum Gasteiger partial charge on any atom is -0.393 e. The maximum Gasteiger partial charge on any atom is 0.244 e. The number of rotatable bonds is 2. The molecule has 1 aliphatic rings. The standard InChI is InChI=1S/C10H17NO2/c1-7(10(11)13)6-8-2-4-9(12)5-3-8/h6,8-9,12H,2-5H2,1H3,(H2,11,13)/b7-6+. The van der Waals surface area contributed by atoms with E-state index in [1.165, 1.54) is 0 Å². The summed E-state index contributed by atoms with van der Waals surface area (Å²) in [5.41, 5.74) is 5.76. The maximum atomic E-state index is 10.7. The van der Waals surface area contributed by atoms with Gasteiger partial charge >= 0.3 is 0 Å². The third kappa shape index (κ3) is 3.19. The maximum absolute atomic E-state index is 10.7. The predicted octanol–water partition coefficient (Wildman–Crippen LogP) is 0.969. The minimum atomic E-state index is -0.342. The van der Waals surface area contributed by atoms with Gasteiger partial charge < -0.3 is 10.8 Å². The van der Waals surface area contributed by atoms with E-state index in [-0.39, 0.29) is 12.0 Å². The Bertz CT molecular complexity index is 215. The number of nitrogens with two attached hydrogens (primary N) is 1. The quantitative estimate of drug-likeness (QED) is 0.626. The first-order chi connectivity index (χ1) is 6.09. The zero-order valence-corrected chi connectivity index (χ0v) is 7.99. The van der Waals surface area contributed by atoms with E-state index in [4.69, 9.17) is 5.73 Å². The molecule has 1 aliphatic carbocycles. The summed E-state index contributed by atoms with van der Waals surface area (Å²) in [6.45, 7) is 1.74. The first kappa shape index (κ1) is 10.3. The van der Waals surface area contributed by atoms with Gasteiger partial charge in [-0.05, 0) is 38.5 Å². The van der Waals surface area contributed by atoms with Crippen LogP contribution in [0.3, 0.4) is 0 Å². The Morgan fingerprint density at radius 1 is 1.38 bits per heavy atom. The molecule has 0 spiro atoms. The highest BCUT2D eigenvalue weighted by Gasteiger charge is 2.17. The van der Waals surface area contributed by atoms with E-state index in [2.05, 4.69) is 0 Å². The van der Waals surface area contributed by atoms with Crippen molar-refractivity contribution in [3.05, 3.63) is 11.6 Å². The van der Waals surface area contributed by atoms with Gasteiger partial charge in [-0.25, -0.2) is 0 Å². The van der Waals surface area contributed by atoms with Crippen molar-refractivity contribution in [1.82, 2.24) is 0 Å². The van der Waals surface area contributed by atoms with Gasteiger partial charge in [0.05, 0.1) is 6.10 Å². The van der Waals surface area contributed by atoms with E-state index in [1.54, 1.807) is 6.92 Å². The van der Waals surface area contributed by atoms with Crippen LogP contribution in [0.1, 0.15) is 32.6 Å². The smallest absolute Gasteiger partial charge is 0.244 e. The normalized spacial score (nSPS) is 30.2. The third-order valence-corrected chi connectivity index (χ3v) is 2.62. The molecule has 0 atom stereocenters. The summed E-state index contributed by atoms with van der Waals surface area (Å²) in [5.74, 6) is 0.0852. The van der Waals surface area contributed by atoms with Gasteiger partial charge in [-0.3, -0.25) is 4.79 Å². The van der Waals surface area contributed by atoms with Gasteiger partial charge in [-0.2, -0.15) is 0 Å². The molecular weight excluding hydrogens is 166 g/mol. The molecule has 0 unspecified atom stereocenters. The van der Waals surface area contributed by atoms with Crippen molar-refractivity contribution >= 4 is 5.91 Å². The molecule has 1 amide bonds. The van der Waals surface area contributed by atoms with Crippen LogP contribution in [0.5, 0.6) is 0 Å². The molecule has 1 fully saturated rings. The van der Waals surface area contributed by atoms with Crippen molar-refractivity contribution < 1.29 is 9.90 Å². The molecule has 13 heavy (non-hydrogen) atoms. The van der Waals surface area contributed by atoms with Crippen molar-refractivity contribution in [1.29, 1.82) is 0 Å². The van der Waals surface area contributed by atoms with Crippen molar-refractivity contribution in [2.24, 2.45) is 11.7 Å². The molecule has 0 heterocycles. The molecule has 0 radical (unpaired) electrons. The van der Waals surface area contributed by atoms with E-state index in [0.717, 1.165) is 25.7 Å². The van der Waals surface area contributed by atoms with Crippen molar-refractivity contribution in [3.8, 4) is 0 Å². The Morgan fingerprint density at radius 3 is 2.38 bits per heavy atom. The lowest BCUT2D eigenvalue weighted by molar-refractivity contribution is -0.114. The lowest BCUT2D eigenvalue weighted by Gasteiger charge is -2.23. The fourth-order valence-corrected chi connectivity index (χ4v) is 1.70. The Kier molecular flexibility index (Phi) is 3.48. The lowest BCUT2D eigenvalue weighted by Crippen LogP contribution is -2.18. The fraction of sp³-hybridized carbons (Fsp3) is 0.700. The molecule has 0 bridgehead atoms. The summed E-state index contributed by atoms with van der Waals surface area (Å²) in [7, 11) is 0. The fourth-order valence-electron chi connectivity index (χ4n) is 1.70. The van der Waals surface area contributed by atoms with Crippen LogP contribution in [-0.4, -0.2) is 17.1 Å². The van der Waals surface area contributed by atoms with E-state index >= 15 is 0 Å². The average molecular weight is 183 g/mol. The van der Waals surface area contributed by atoms with Crippen LogP contribution in [0, 0.1) is 5.92 Å². The number of hydrogen-bond acceptors (Lipinski definition) is 2. The molecule has 0 aromatic carbocycles. The monoisotopic (exact) mass is 183 g/mol. The number of primary amides is 1. The summed E-state index contributed by atoms with van der Waals surface area (Å²) >= 11 is 0. The summed E-state index contributed by atoms with van der Waals surface area (Å²) in [5, 5.41) is 9.26. The number of allylic oxidation sites excluding steroid dienone is 1. The Balaban J connectivity index is 2.46. The van der Waals surface area contributed by atoms with Crippen LogP contribution in [0.2, 0.25) is 0 Å². The van der Waals surface area contributed by atoms with E-state index in [1.807, 2.05) is 6.08 Å². The topological polar surface area (TPSA) is 63.3 Å². The highest BCUT2D eigenvalue weighted by Crippen LogP contribution is 2.25. The number of aliphatic hydroxyl groups is 1. The van der Waals surface area contributed by atoms with Gasteiger partial charge in [0, 0.05) is 5.57 Å². The molecule has 3 N–H and O–H groups in total. The van der Waals surface area contributed by atoms with Crippen LogP contribution in [0.4, 0.5) is 0 Å². The van der Waals surface area contributed by atoms with Gasteiger partial charge in [0.15, 0.2) is 0 Å². The summed E-state index contributed by atoms with van der Waals surface area (Å²) < 4.78 is 0. The Hall–Kier alpha value is -0.830. The molecule has 0 saturated heterocycles. The van der Waals surface area contributed by atoms with Crippen LogP contribution in [0.15, 0.2) is 11.6 Å². The molecule has 1 rings (SSSR count). The second-order valence-electron chi connectivity index (χ2n) is 3.78. The van der Waals surface area contributed by atoms with Crippen LogP contribution < -0.4 is 5.73 Å². The van der Waals surface area contributed by atoms with Gasteiger partial charge in [0.2, 0.25) is 5.91 Å². The largest absolute Gasteiger partial charge is 0.393 e. The van der Waals surface area contributed by atoms with Crippen LogP contribution in [0.25, 0.3) is 0 Å². The molecule has 74 valence electrons. The molecule has 0 aromatic rings. The molecular formula is C10H17NO2. The van der Waals surface area contributed by atoms with Crippen LogP contribution in [-0.2, 0) is 4.79 Å². The van der Waals surface area contributed by atoms with Crippen molar-refractivity contribution in [2.45, 2.75) is 38.7 Å². The average Bonchev–Trinajstić information content (AvgIpc) is 2.08. The van der Waals surface area contributed by atoms with E-state index in [0.29, 0.717) is 11.5 Å². The Labute approximate surface area is 78.6 Å². The zero-order chi connectivity index (χ0) is 9.84. The number of aliphatic hydroxyl groups excluding tert-OH is 1. The minimum absolute atomic E-state index is 0.140.